The predicted molar refractivity (Wildman–Crippen MR) is 265 cm³/mol. The van der Waals surface area contributed by atoms with E-state index in [1.165, 1.54) is 103 Å². The summed E-state index contributed by atoms with van der Waals surface area (Å²) >= 11 is 0. The number of hydrogen-bond donors (Lipinski definition) is 4. The molecular weight excluding hydrogens is 821 g/mol. The maximum absolute atomic E-state index is 12.9. The fourth-order valence-corrected chi connectivity index (χ4v) is 7.76. The van der Waals surface area contributed by atoms with Crippen LogP contribution in [0.25, 0.3) is 0 Å². The number of carbonyl (C=O) groups is 2. The van der Waals surface area contributed by atoms with Crippen molar-refractivity contribution in [3.8, 4) is 0 Å². The van der Waals surface area contributed by atoms with Crippen molar-refractivity contribution in [3.63, 3.8) is 0 Å². The molecule has 0 aromatic rings. The van der Waals surface area contributed by atoms with Gasteiger partial charge in [0.15, 0.2) is 12.4 Å². The first kappa shape index (κ1) is 60.4. The molecule has 4 N–H and O–H groups in total. The molecule has 0 bridgehead atoms. The van der Waals surface area contributed by atoms with Gasteiger partial charge in [-0.05, 0) is 77.0 Å². The quantitative estimate of drug-likeness (QED) is 0.0264. The van der Waals surface area contributed by atoms with Crippen LogP contribution in [0.3, 0.4) is 0 Å². The summed E-state index contributed by atoms with van der Waals surface area (Å²) in [6.07, 6.45) is 49.4. The van der Waals surface area contributed by atoms with Crippen LogP contribution < -0.4 is 0 Å². The van der Waals surface area contributed by atoms with Gasteiger partial charge in [0.05, 0.1) is 13.2 Å². The second kappa shape index (κ2) is 45.2. The molecule has 1 saturated heterocycles. The van der Waals surface area contributed by atoms with Crippen LogP contribution in [0, 0.1) is 0 Å². The largest absolute Gasteiger partial charge is 0.462 e. The van der Waals surface area contributed by atoms with E-state index in [1.807, 2.05) is 0 Å². The fourth-order valence-electron chi connectivity index (χ4n) is 7.76. The molecule has 0 aromatic carbocycles. The van der Waals surface area contributed by atoms with Crippen LogP contribution in [0.15, 0.2) is 60.8 Å². The van der Waals surface area contributed by atoms with E-state index >= 15 is 0 Å². The summed E-state index contributed by atoms with van der Waals surface area (Å²) in [7, 11) is 0. The maximum Gasteiger partial charge on any atom is 0.306 e. The van der Waals surface area contributed by atoms with Gasteiger partial charge in [-0.15, -0.1) is 0 Å². The third-order valence-electron chi connectivity index (χ3n) is 11.9. The second-order valence-electron chi connectivity index (χ2n) is 17.9. The minimum absolute atomic E-state index is 0.222. The van der Waals surface area contributed by atoms with E-state index in [1.54, 1.807) is 0 Å². The molecule has 376 valence electrons. The number of esters is 2. The number of aliphatic hydroxyl groups is 4. The Bertz CT molecular complexity index is 1240. The summed E-state index contributed by atoms with van der Waals surface area (Å²) in [5, 5.41) is 40.2. The van der Waals surface area contributed by atoms with E-state index in [0.29, 0.717) is 6.42 Å². The highest BCUT2D eigenvalue weighted by atomic mass is 16.7. The summed E-state index contributed by atoms with van der Waals surface area (Å²) in [6.45, 7) is 3.32. The molecule has 6 unspecified atom stereocenters. The van der Waals surface area contributed by atoms with Gasteiger partial charge in [-0.25, -0.2) is 0 Å². The minimum Gasteiger partial charge on any atom is -0.462 e. The molecule has 0 amide bonds. The van der Waals surface area contributed by atoms with E-state index in [4.69, 9.17) is 18.9 Å². The highest BCUT2D eigenvalue weighted by Gasteiger charge is 2.44. The predicted octanol–water partition coefficient (Wildman–Crippen LogP) is 12.6. The van der Waals surface area contributed by atoms with Gasteiger partial charge >= 0.3 is 11.9 Å². The van der Waals surface area contributed by atoms with Gasteiger partial charge in [-0.1, -0.05) is 190 Å². The van der Waals surface area contributed by atoms with Crippen molar-refractivity contribution in [1.82, 2.24) is 0 Å². The molecule has 1 rings (SSSR count). The lowest BCUT2D eigenvalue weighted by atomic mass is 9.99. The van der Waals surface area contributed by atoms with Crippen molar-refractivity contribution in [2.45, 2.75) is 256 Å². The first-order valence-corrected chi connectivity index (χ1v) is 26.4. The van der Waals surface area contributed by atoms with Crippen molar-refractivity contribution in [3.05, 3.63) is 60.8 Å². The average molecular weight is 917 g/mol. The molecule has 0 aromatic heterocycles. The van der Waals surface area contributed by atoms with Crippen LogP contribution in [0.5, 0.6) is 0 Å². The molecular formula is C55H96O10. The van der Waals surface area contributed by atoms with Crippen LogP contribution in [0.2, 0.25) is 0 Å². The Hall–Kier alpha value is -2.60. The summed E-state index contributed by atoms with van der Waals surface area (Å²) in [4.78, 5) is 25.5. The highest BCUT2D eigenvalue weighted by Crippen LogP contribution is 2.23. The Kier molecular flexibility index (Phi) is 42.0. The third-order valence-corrected chi connectivity index (χ3v) is 11.9. The Morgan fingerprint density at radius 2 is 0.908 bits per heavy atom. The lowest BCUT2D eigenvalue weighted by molar-refractivity contribution is -0.305. The molecule has 1 aliphatic rings. The van der Waals surface area contributed by atoms with Gasteiger partial charge < -0.3 is 39.4 Å². The van der Waals surface area contributed by atoms with Crippen molar-refractivity contribution >= 4 is 11.9 Å². The van der Waals surface area contributed by atoms with Gasteiger partial charge in [-0.3, -0.25) is 9.59 Å². The van der Waals surface area contributed by atoms with Gasteiger partial charge in [0.2, 0.25) is 0 Å². The van der Waals surface area contributed by atoms with Gasteiger partial charge in [-0.2, -0.15) is 0 Å². The number of ether oxygens (including phenoxy) is 4. The molecule has 0 radical (unpaired) electrons. The molecule has 0 spiro atoms. The number of allylic oxidation sites excluding steroid dienone is 10. The number of aliphatic hydroxyl groups excluding tert-OH is 4. The van der Waals surface area contributed by atoms with E-state index in [-0.39, 0.29) is 32.0 Å². The monoisotopic (exact) mass is 917 g/mol. The van der Waals surface area contributed by atoms with Crippen molar-refractivity contribution in [2.24, 2.45) is 0 Å². The first-order valence-electron chi connectivity index (χ1n) is 26.4. The normalized spacial score (nSPS) is 19.8. The number of hydrogen-bond acceptors (Lipinski definition) is 10. The second-order valence-corrected chi connectivity index (χ2v) is 17.9. The summed E-state index contributed by atoms with van der Waals surface area (Å²) < 4.78 is 22.3. The van der Waals surface area contributed by atoms with E-state index in [2.05, 4.69) is 74.6 Å². The Balaban J connectivity index is 2.25. The molecule has 6 atom stereocenters. The van der Waals surface area contributed by atoms with Gasteiger partial charge in [0.1, 0.15) is 31.0 Å². The van der Waals surface area contributed by atoms with E-state index in [9.17, 15) is 30.0 Å². The van der Waals surface area contributed by atoms with Crippen LogP contribution in [0.1, 0.15) is 219 Å². The minimum atomic E-state index is -1.60. The molecule has 1 fully saturated rings. The molecule has 10 nitrogen and oxygen atoms in total. The Morgan fingerprint density at radius 3 is 1.38 bits per heavy atom. The molecule has 0 aliphatic carbocycles. The third kappa shape index (κ3) is 36.2. The van der Waals surface area contributed by atoms with E-state index in [0.717, 1.165) is 83.5 Å². The van der Waals surface area contributed by atoms with Crippen molar-refractivity contribution < 1.29 is 49.0 Å². The smallest absolute Gasteiger partial charge is 0.306 e. The lowest BCUT2D eigenvalue weighted by Gasteiger charge is -2.39. The molecule has 10 heteroatoms. The standard InChI is InChI=1S/C55H96O10/c1-3-5-7-9-11-13-15-17-19-21-22-23-24-25-26-28-30-32-34-36-38-40-42-44-51(58)64-48(47-63-55-54(61)53(60)52(59)49(45-56)65-55)46-62-50(57)43-41-39-37-35-33-31-29-27-20-18-16-14-12-10-8-6-4-2/h5,7,11,13,17-20,22-23,48-49,52-56,59-61H,3-4,6,8-10,12,14-16,21,24-47H2,1-2H3/b7-5-,13-11-,19-17-,20-18-,23-22-. The molecule has 1 heterocycles. The van der Waals surface area contributed by atoms with Crippen molar-refractivity contribution in [1.29, 1.82) is 0 Å². The summed E-state index contributed by atoms with van der Waals surface area (Å²) in [6, 6.07) is 0. The molecule has 1 aliphatic heterocycles. The Morgan fingerprint density at radius 1 is 0.492 bits per heavy atom. The topological polar surface area (TPSA) is 152 Å². The zero-order valence-electron chi connectivity index (χ0n) is 41.2. The van der Waals surface area contributed by atoms with Crippen LogP contribution in [0.4, 0.5) is 0 Å². The van der Waals surface area contributed by atoms with Gasteiger partial charge in [0, 0.05) is 12.8 Å². The fraction of sp³-hybridized carbons (Fsp3) is 0.782. The SMILES string of the molecule is CC/C=C\C/C=C\C/C=C\C/C=C\CCCCCCCCCCCCC(=O)OC(COC(=O)CCCCCCCCC/C=C\CCCCCCCC)COC1OC(CO)C(O)C(O)C1O. The zero-order chi connectivity index (χ0) is 47.3. The zero-order valence-corrected chi connectivity index (χ0v) is 41.2. The van der Waals surface area contributed by atoms with Crippen LogP contribution in [-0.2, 0) is 28.5 Å². The highest BCUT2D eigenvalue weighted by molar-refractivity contribution is 5.70. The maximum atomic E-state index is 12.9. The molecule has 65 heavy (non-hydrogen) atoms. The summed E-state index contributed by atoms with van der Waals surface area (Å²) in [5.74, 6) is -0.814. The lowest BCUT2D eigenvalue weighted by Crippen LogP contribution is -2.59. The summed E-state index contributed by atoms with van der Waals surface area (Å²) in [5.41, 5.74) is 0. The Labute approximate surface area is 396 Å². The number of unbranched alkanes of at least 4 members (excludes halogenated alkanes) is 23. The van der Waals surface area contributed by atoms with E-state index < -0.39 is 49.4 Å². The van der Waals surface area contributed by atoms with Crippen LogP contribution >= 0.6 is 0 Å². The molecule has 0 saturated carbocycles. The van der Waals surface area contributed by atoms with Crippen LogP contribution in [-0.4, -0.2) is 89.0 Å². The average Bonchev–Trinajstić information content (AvgIpc) is 3.30. The van der Waals surface area contributed by atoms with Crippen molar-refractivity contribution in [2.75, 3.05) is 19.8 Å². The van der Waals surface area contributed by atoms with Gasteiger partial charge in [0.25, 0.3) is 0 Å². The number of carbonyl (C=O) groups excluding carboxylic acids is 2. The number of rotatable bonds is 44. The first-order chi connectivity index (χ1) is 31.8.